The van der Waals surface area contributed by atoms with E-state index in [2.05, 4.69) is 23.9 Å². The molecule has 0 radical (unpaired) electrons. The first-order valence-corrected chi connectivity index (χ1v) is 11.2. The Morgan fingerprint density at radius 2 is 2.03 bits per heavy atom. The predicted octanol–water partition coefficient (Wildman–Crippen LogP) is 3.89. The van der Waals surface area contributed by atoms with Crippen LogP contribution in [0.3, 0.4) is 0 Å². The molecule has 2 aromatic rings. The van der Waals surface area contributed by atoms with Crippen LogP contribution in [0.5, 0.6) is 5.75 Å². The van der Waals surface area contributed by atoms with Crippen molar-refractivity contribution in [3.05, 3.63) is 41.5 Å². The number of ether oxygens (including phenoxy) is 1. The monoisotopic (exact) mass is 409 g/mol. The number of carbonyl (C=O) groups excluding carboxylic acids is 1. The molecule has 0 bridgehead atoms. The molecule has 1 aromatic heterocycles. The third-order valence-corrected chi connectivity index (χ3v) is 7.46. The molecule has 2 saturated carbocycles. The van der Waals surface area contributed by atoms with Crippen LogP contribution in [0.1, 0.15) is 63.2 Å². The van der Waals surface area contributed by atoms with E-state index in [-0.39, 0.29) is 16.7 Å². The van der Waals surface area contributed by atoms with Gasteiger partial charge in [0.1, 0.15) is 5.75 Å². The van der Waals surface area contributed by atoms with Gasteiger partial charge in [0, 0.05) is 19.5 Å². The van der Waals surface area contributed by atoms with E-state index in [1.807, 2.05) is 24.3 Å². The second kappa shape index (κ2) is 7.10. The van der Waals surface area contributed by atoms with Crippen LogP contribution >= 0.6 is 0 Å². The fourth-order valence-corrected chi connectivity index (χ4v) is 5.66. The van der Waals surface area contributed by atoms with Gasteiger partial charge in [-0.1, -0.05) is 37.6 Å². The van der Waals surface area contributed by atoms with Gasteiger partial charge in [0.15, 0.2) is 5.82 Å². The smallest absolute Gasteiger partial charge is 0.233 e. The van der Waals surface area contributed by atoms with Crippen molar-refractivity contribution in [3.8, 4) is 5.75 Å². The van der Waals surface area contributed by atoms with Gasteiger partial charge in [-0.2, -0.15) is 4.98 Å². The minimum absolute atomic E-state index is 0.135. The summed E-state index contributed by atoms with van der Waals surface area (Å²) in [5.74, 6) is 3.55. The van der Waals surface area contributed by atoms with E-state index in [4.69, 9.17) is 14.2 Å². The van der Waals surface area contributed by atoms with Crippen molar-refractivity contribution in [1.82, 2.24) is 15.0 Å². The van der Waals surface area contributed by atoms with Gasteiger partial charge in [-0.25, -0.2) is 0 Å². The van der Waals surface area contributed by atoms with Gasteiger partial charge in [0.05, 0.1) is 17.9 Å². The number of hydrogen-bond acceptors (Lipinski definition) is 5. The largest absolute Gasteiger partial charge is 0.497 e. The van der Waals surface area contributed by atoms with Crippen molar-refractivity contribution in [2.24, 2.45) is 11.8 Å². The van der Waals surface area contributed by atoms with Crippen molar-refractivity contribution < 1.29 is 14.1 Å². The molecular formula is C24H31N3O3. The Bertz CT molecular complexity index is 931. The highest BCUT2D eigenvalue weighted by Gasteiger charge is 2.59. The number of hydrogen-bond donors (Lipinski definition) is 0. The normalized spacial score (nSPS) is 26.8. The second-order valence-corrected chi connectivity index (χ2v) is 9.85. The quantitative estimate of drug-likeness (QED) is 0.724. The molecule has 2 unspecified atom stereocenters. The van der Waals surface area contributed by atoms with E-state index in [9.17, 15) is 4.79 Å². The minimum Gasteiger partial charge on any atom is -0.497 e. The molecule has 160 valence electrons. The molecule has 6 heteroatoms. The Balaban J connectivity index is 1.38. The fourth-order valence-electron chi connectivity index (χ4n) is 5.66. The highest BCUT2D eigenvalue weighted by atomic mass is 16.5. The third kappa shape index (κ3) is 3.03. The average Bonchev–Trinajstić information content (AvgIpc) is 3.05. The molecular weight excluding hydrogens is 378 g/mol. The van der Waals surface area contributed by atoms with Crippen molar-refractivity contribution in [2.75, 3.05) is 20.2 Å². The Labute approximate surface area is 178 Å². The molecule has 3 fully saturated rings. The molecule has 1 aromatic carbocycles. The van der Waals surface area contributed by atoms with Gasteiger partial charge in [-0.3, -0.25) is 4.79 Å². The Morgan fingerprint density at radius 1 is 1.27 bits per heavy atom. The number of carbonyl (C=O) groups is 1. The maximum atomic E-state index is 13.7. The van der Waals surface area contributed by atoms with Crippen molar-refractivity contribution >= 4 is 5.91 Å². The van der Waals surface area contributed by atoms with Gasteiger partial charge in [0.2, 0.25) is 11.8 Å². The van der Waals surface area contributed by atoms with Gasteiger partial charge in [-0.05, 0) is 55.2 Å². The third-order valence-electron chi connectivity index (χ3n) is 7.46. The molecule has 2 atom stereocenters. The van der Waals surface area contributed by atoms with Crippen LogP contribution in [-0.2, 0) is 22.0 Å². The standard InChI is InChI=1S/C24H31N3O3/c1-16(2)13-20-25-21(26-30-20)24-10-4-5-18(24)14-27(15-24)22(28)23(11-12-23)17-6-8-19(29-3)9-7-17/h6-9,16,18H,4-5,10-15H2,1-3H3. The minimum atomic E-state index is -0.355. The summed E-state index contributed by atoms with van der Waals surface area (Å²) in [6.45, 7) is 5.84. The zero-order valence-electron chi connectivity index (χ0n) is 18.2. The molecule has 0 spiro atoms. The summed E-state index contributed by atoms with van der Waals surface area (Å²) in [4.78, 5) is 20.6. The van der Waals surface area contributed by atoms with Crippen LogP contribution < -0.4 is 4.74 Å². The van der Waals surface area contributed by atoms with E-state index in [1.54, 1.807) is 7.11 Å². The lowest BCUT2D eigenvalue weighted by atomic mass is 9.80. The van der Waals surface area contributed by atoms with E-state index in [1.165, 1.54) is 6.42 Å². The Morgan fingerprint density at radius 3 is 2.70 bits per heavy atom. The highest BCUT2D eigenvalue weighted by Crippen LogP contribution is 2.54. The van der Waals surface area contributed by atoms with Crippen molar-refractivity contribution in [3.63, 3.8) is 0 Å². The van der Waals surface area contributed by atoms with Gasteiger partial charge >= 0.3 is 0 Å². The van der Waals surface area contributed by atoms with E-state index < -0.39 is 0 Å². The van der Waals surface area contributed by atoms with Crippen molar-refractivity contribution in [1.29, 1.82) is 0 Å². The lowest BCUT2D eigenvalue weighted by Gasteiger charge is -2.27. The lowest BCUT2D eigenvalue weighted by Crippen LogP contribution is -2.40. The first-order chi connectivity index (χ1) is 14.5. The van der Waals surface area contributed by atoms with Crippen LogP contribution in [-0.4, -0.2) is 41.1 Å². The van der Waals surface area contributed by atoms with E-state index in [0.717, 1.165) is 68.2 Å². The predicted molar refractivity (Wildman–Crippen MR) is 112 cm³/mol. The number of likely N-dealkylation sites (tertiary alicyclic amines) is 1. The maximum Gasteiger partial charge on any atom is 0.233 e. The number of nitrogens with zero attached hydrogens (tertiary/aromatic N) is 3. The summed E-state index contributed by atoms with van der Waals surface area (Å²) >= 11 is 0. The summed E-state index contributed by atoms with van der Waals surface area (Å²) in [5.41, 5.74) is 0.620. The van der Waals surface area contributed by atoms with E-state index in [0.29, 0.717) is 11.8 Å². The fraction of sp³-hybridized carbons (Fsp3) is 0.625. The summed E-state index contributed by atoms with van der Waals surface area (Å²) in [6, 6.07) is 8.01. The molecule has 1 aliphatic heterocycles. The van der Waals surface area contributed by atoms with Crippen molar-refractivity contribution in [2.45, 2.75) is 63.2 Å². The number of methoxy groups -OCH3 is 1. The molecule has 6 nitrogen and oxygen atoms in total. The Kier molecular flexibility index (Phi) is 4.64. The van der Waals surface area contributed by atoms with Crippen LogP contribution in [0.25, 0.3) is 0 Å². The van der Waals surface area contributed by atoms with Gasteiger partial charge < -0.3 is 14.2 Å². The van der Waals surface area contributed by atoms with Gasteiger partial charge in [-0.15, -0.1) is 0 Å². The summed E-state index contributed by atoms with van der Waals surface area (Å²) in [5, 5.41) is 4.40. The zero-order chi connectivity index (χ0) is 20.9. The number of fused-ring (bicyclic) bond motifs is 1. The Hall–Kier alpha value is -2.37. The summed E-state index contributed by atoms with van der Waals surface area (Å²) in [7, 11) is 1.67. The molecule has 1 amide bonds. The van der Waals surface area contributed by atoms with Crippen LogP contribution in [0.2, 0.25) is 0 Å². The number of benzene rings is 1. The first kappa shape index (κ1) is 19.6. The van der Waals surface area contributed by atoms with Gasteiger partial charge in [0.25, 0.3) is 0 Å². The summed E-state index contributed by atoms with van der Waals surface area (Å²) < 4.78 is 10.9. The van der Waals surface area contributed by atoms with E-state index >= 15 is 0 Å². The molecule has 3 aliphatic rings. The number of amides is 1. The van der Waals surface area contributed by atoms with Crippen LogP contribution in [0.4, 0.5) is 0 Å². The molecule has 0 N–H and O–H groups in total. The molecule has 2 aliphatic carbocycles. The SMILES string of the molecule is COc1ccc(C2(C(=O)N3CC4CCCC4(c4noc(CC(C)C)n4)C3)CC2)cc1. The molecule has 30 heavy (non-hydrogen) atoms. The topological polar surface area (TPSA) is 68.5 Å². The highest BCUT2D eigenvalue weighted by molar-refractivity contribution is 5.91. The molecule has 2 heterocycles. The second-order valence-electron chi connectivity index (χ2n) is 9.85. The molecule has 5 rings (SSSR count). The maximum absolute atomic E-state index is 13.7. The lowest BCUT2D eigenvalue weighted by molar-refractivity contribution is -0.133. The zero-order valence-corrected chi connectivity index (χ0v) is 18.2. The molecule has 1 saturated heterocycles. The van der Waals surface area contributed by atoms with Crippen LogP contribution in [0, 0.1) is 11.8 Å². The number of rotatable bonds is 6. The van der Waals surface area contributed by atoms with Crippen LogP contribution in [0.15, 0.2) is 28.8 Å². The first-order valence-electron chi connectivity index (χ1n) is 11.2. The number of aromatic nitrogens is 2. The summed E-state index contributed by atoms with van der Waals surface area (Å²) in [6.07, 6.45) is 5.99. The average molecular weight is 410 g/mol.